The summed E-state index contributed by atoms with van der Waals surface area (Å²) < 4.78 is 103. The van der Waals surface area contributed by atoms with Crippen LogP contribution in [0.4, 0.5) is 30.7 Å². The summed E-state index contributed by atoms with van der Waals surface area (Å²) in [4.78, 5) is 9.10. The zero-order valence-electron chi connectivity index (χ0n) is 26.9. The maximum Gasteiger partial charge on any atom is 0.180 e. The van der Waals surface area contributed by atoms with Crippen LogP contribution in [0.25, 0.3) is 22.3 Å². The summed E-state index contributed by atoms with van der Waals surface area (Å²) in [6.07, 6.45) is 15.1. The van der Waals surface area contributed by atoms with E-state index in [2.05, 4.69) is 16.6 Å². The molecule has 1 aliphatic heterocycles. The molecule has 0 saturated heterocycles. The van der Waals surface area contributed by atoms with Gasteiger partial charge in [-0.3, -0.25) is 9.98 Å². The van der Waals surface area contributed by atoms with Crippen molar-refractivity contribution in [3.8, 4) is 12.1 Å². The molecule has 1 fully saturated rings. The van der Waals surface area contributed by atoms with Crippen LogP contribution in [0.2, 0.25) is 0 Å². The van der Waals surface area contributed by atoms with Crippen molar-refractivity contribution in [2.24, 2.45) is 27.7 Å². The molecule has 0 amide bonds. The first-order chi connectivity index (χ1) is 25.0. The molecule has 1 saturated carbocycles. The predicted molar refractivity (Wildman–Crippen MR) is 182 cm³/mol. The Morgan fingerprint density at radius 1 is 0.962 bits per heavy atom. The van der Waals surface area contributed by atoms with Crippen molar-refractivity contribution in [1.29, 1.82) is 10.5 Å². The van der Waals surface area contributed by atoms with Crippen molar-refractivity contribution in [3.63, 3.8) is 0 Å². The van der Waals surface area contributed by atoms with Crippen LogP contribution in [0.1, 0.15) is 46.2 Å². The maximum atomic E-state index is 15.4. The van der Waals surface area contributed by atoms with Crippen LogP contribution in [0.5, 0.6) is 0 Å². The quantitative estimate of drug-likeness (QED) is 0.0873. The number of nitrogens with zero attached hydrogens (tertiary/aromatic N) is 4. The monoisotopic (exact) mass is 704 g/mol. The normalized spacial score (nSPS) is 25.7. The molecule has 5 unspecified atom stereocenters. The first-order valence-electron chi connectivity index (χ1n) is 16.3. The van der Waals surface area contributed by atoms with Gasteiger partial charge in [0.1, 0.15) is 41.2 Å². The highest BCUT2D eigenvalue weighted by Crippen LogP contribution is 2.75. The number of hydrogen-bond donors (Lipinski definition) is 0. The van der Waals surface area contributed by atoms with E-state index in [0.29, 0.717) is 41.0 Å². The number of nitriles is 2. The number of hydrogen-bond acceptors (Lipinski definition) is 4. The van der Waals surface area contributed by atoms with Gasteiger partial charge in [-0.25, -0.2) is 30.7 Å². The third-order valence-corrected chi connectivity index (χ3v) is 10.6. The smallest absolute Gasteiger partial charge is 0.180 e. The fourth-order valence-corrected chi connectivity index (χ4v) is 8.32. The Kier molecular flexibility index (Phi) is 7.65. The number of rotatable bonds is 5. The van der Waals surface area contributed by atoms with Crippen LogP contribution in [0.15, 0.2) is 89.0 Å². The van der Waals surface area contributed by atoms with Crippen LogP contribution in [-0.4, -0.2) is 18.5 Å². The lowest BCUT2D eigenvalue weighted by molar-refractivity contribution is 0.447. The molecule has 4 aliphatic carbocycles. The highest BCUT2D eigenvalue weighted by molar-refractivity contribution is 6.12. The lowest BCUT2D eigenvalue weighted by atomic mass is 9.83. The standard InChI is InChI=1S/C41H23F7N4/c1-19(17-51-31-7-4-5-21-11-22(18-52-40(21)31)32-29(43)13-23(42)14-30(32)44)20-8-9-27-24(12-20)33(35-28-6-2-3-10-41(27,28)35)25(15-49)34-38(47)36(45)26(16-50)37(46)39(34)48/h2,4-9,11-14,17-18,21,28,35,40H,1,3,10H2/b33-25-,51-17?. The fraction of sp³-hybridized carbons (Fsp3) is 0.171. The number of allylic oxidation sites excluding steroid dienone is 8. The summed E-state index contributed by atoms with van der Waals surface area (Å²) in [7, 11) is 0. The first-order valence-corrected chi connectivity index (χ1v) is 16.3. The lowest BCUT2D eigenvalue weighted by Crippen LogP contribution is -2.23. The van der Waals surface area contributed by atoms with E-state index >= 15 is 8.78 Å². The van der Waals surface area contributed by atoms with Crippen molar-refractivity contribution in [1.82, 2.24) is 0 Å². The molecule has 4 nitrogen and oxygen atoms in total. The molecular weight excluding hydrogens is 681 g/mol. The van der Waals surface area contributed by atoms with E-state index in [1.54, 1.807) is 30.4 Å². The Morgan fingerprint density at radius 2 is 1.69 bits per heavy atom. The Morgan fingerprint density at radius 3 is 2.38 bits per heavy atom. The number of fused-ring (bicyclic) bond motifs is 3. The second kappa shape index (κ2) is 12.0. The van der Waals surface area contributed by atoms with Crippen molar-refractivity contribution in [2.45, 2.75) is 24.3 Å². The van der Waals surface area contributed by atoms with E-state index in [1.807, 2.05) is 30.4 Å². The molecule has 3 aromatic rings. The van der Waals surface area contributed by atoms with Gasteiger partial charge in [-0.2, -0.15) is 10.5 Å². The van der Waals surface area contributed by atoms with Gasteiger partial charge in [-0.15, -0.1) is 0 Å². The number of halogens is 7. The summed E-state index contributed by atoms with van der Waals surface area (Å²) >= 11 is 0. The molecule has 0 radical (unpaired) electrons. The Hall–Kier alpha value is -6.07. The summed E-state index contributed by atoms with van der Waals surface area (Å²) in [5.74, 6) is -11.4. The van der Waals surface area contributed by atoms with Gasteiger partial charge in [-0.1, -0.05) is 49.1 Å². The predicted octanol–water partition coefficient (Wildman–Crippen LogP) is 9.50. The second-order valence-corrected chi connectivity index (χ2v) is 13.2. The van der Waals surface area contributed by atoms with E-state index in [4.69, 9.17) is 5.26 Å². The molecule has 11 heteroatoms. The van der Waals surface area contributed by atoms with Gasteiger partial charge in [0, 0.05) is 47.4 Å². The SMILES string of the molecule is C=C(C=NC1=CC=CC2C=C(c3c(F)cc(F)cc3F)C=NC12)c1ccc2c(c1)/C(=C(\C#N)c1c(F)c(F)c(C#N)c(F)c1F)C1C3C=CCCC231. The Bertz CT molecular complexity index is 2420. The van der Waals surface area contributed by atoms with Gasteiger partial charge in [0.05, 0.1) is 22.4 Å². The highest BCUT2D eigenvalue weighted by Gasteiger charge is 2.70. The molecule has 256 valence electrons. The molecule has 0 N–H and O–H groups in total. The zero-order valence-corrected chi connectivity index (χ0v) is 26.9. The van der Waals surface area contributed by atoms with Gasteiger partial charge in [-0.05, 0) is 58.7 Å². The van der Waals surface area contributed by atoms with Crippen molar-refractivity contribution in [3.05, 3.63) is 153 Å². The third kappa shape index (κ3) is 4.72. The van der Waals surface area contributed by atoms with Crippen LogP contribution in [-0.2, 0) is 5.41 Å². The van der Waals surface area contributed by atoms with Crippen LogP contribution in [0.3, 0.4) is 0 Å². The van der Waals surface area contributed by atoms with Gasteiger partial charge in [0.2, 0.25) is 0 Å². The van der Waals surface area contributed by atoms with Crippen molar-refractivity contribution >= 4 is 34.7 Å². The highest BCUT2D eigenvalue weighted by atomic mass is 19.2. The molecule has 3 aromatic carbocycles. The van der Waals surface area contributed by atoms with E-state index in [9.17, 15) is 27.2 Å². The van der Waals surface area contributed by atoms with Crippen LogP contribution in [0, 0.1) is 81.1 Å². The van der Waals surface area contributed by atoms with Crippen LogP contribution >= 0.6 is 0 Å². The lowest BCUT2D eigenvalue weighted by Gasteiger charge is -2.26. The Balaban J connectivity index is 1.14. The van der Waals surface area contributed by atoms with Crippen LogP contribution < -0.4 is 0 Å². The summed E-state index contributed by atoms with van der Waals surface area (Å²) in [5.41, 5.74) is -0.704. The molecule has 8 rings (SSSR count). The molecule has 1 heterocycles. The minimum atomic E-state index is -1.87. The van der Waals surface area contributed by atoms with Crippen molar-refractivity contribution < 1.29 is 30.7 Å². The fourth-order valence-electron chi connectivity index (χ4n) is 8.32. The van der Waals surface area contributed by atoms with Gasteiger partial charge in [0.25, 0.3) is 0 Å². The molecule has 0 bridgehead atoms. The third-order valence-electron chi connectivity index (χ3n) is 10.6. The molecule has 5 atom stereocenters. The average Bonchev–Trinajstić information content (AvgIpc) is 3.72. The van der Waals surface area contributed by atoms with E-state index in [0.717, 1.165) is 18.1 Å². The minimum absolute atomic E-state index is 0.0807. The summed E-state index contributed by atoms with van der Waals surface area (Å²) in [6, 6.07) is 9.05. The number of aliphatic imine (C=N–C) groups is 2. The number of benzene rings is 3. The largest absolute Gasteiger partial charge is 0.282 e. The maximum absolute atomic E-state index is 15.4. The Labute approximate surface area is 293 Å². The molecular formula is C41H23F7N4. The first kappa shape index (κ1) is 33.1. The van der Waals surface area contributed by atoms with Gasteiger partial charge in [0.15, 0.2) is 23.3 Å². The summed E-state index contributed by atoms with van der Waals surface area (Å²) in [5, 5.41) is 19.4. The summed E-state index contributed by atoms with van der Waals surface area (Å²) in [6.45, 7) is 4.14. The topological polar surface area (TPSA) is 72.3 Å². The van der Waals surface area contributed by atoms with Crippen molar-refractivity contribution in [2.75, 3.05) is 0 Å². The average molecular weight is 705 g/mol. The van der Waals surface area contributed by atoms with Gasteiger partial charge >= 0.3 is 0 Å². The molecule has 0 aromatic heterocycles. The van der Waals surface area contributed by atoms with E-state index < -0.39 is 74.8 Å². The number of dihydropyridines is 1. The molecule has 1 spiro atoms. The second-order valence-electron chi connectivity index (χ2n) is 13.2. The molecule has 52 heavy (non-hydrogen) atoms. The molecule has 5 aliphatic rings. The van der Waals surface area contributed by atoms with Gasteiger partial charge < -0.3 is 0 Å². The minimum Gasteiger partial charge on any atom is -0.282 e. The van der Waals surface area contributed by atoms with E-state index in [-0.39, 0.29) is 28.5 Å². The zero-order chi connectivity index (χ0) is 36.6. The van der Waals surface area contributed by atoms with E-state index in [1.165, 1.54) is 12.4 Å².